The summed E-state index contributed by atoms with van der Waals surface area (Å²) in [7, 11) is 1.59. The van der Waals surface area contributed by atoms with Gasteiger partial charge in [-0.1, -0.05) is 18.2 Å². The fourth-order valence-corrected chi connectivity index (χ4v) is 4.10. The first-order valence-electron chi connectivity index (χ1n) is 10.2. The molecule has 1 aliphatic heterocycles. The number of aliphatic hydroxyl groups is 1. The monoisotopic (exact) mass is 417 g/mol. The molecular formula is C23H23N5O3. The van der Waals surface area contributed by atoms with E-state index in [1.54, 1.807) is 11.8 Å². The fraction of sp³-hybridized carbons (Fsp3) is 0.261. The number of aryl methyl sites for hydroxylation is 1. The number of H-pyrrole nitrogens is 1. The summed E-state index contributed by atoms with van der Waals surface area (Å²) in [5, 5.41) is 14.4. The molecule has 2 aromatic heterocycles. The highest BCUT2D eigenvalue weighted by molar-refractivity contribution is 5.81. The van der Waals surface area contributed by atoms with Gasteiger partial charge in [0.05, 0.1) is 30.2 Å². The number of benzene rings is 2. The quantitative estimate of drug-likeness (QED) is 0.530. The zero-order valence-corrected chi connectivity index (χ0v) is 17.4. The number of ether oxygens (including phenoxy) is 1. The maximum Gasteiger partial charge on any atom is 0.277 e. The van der Waals surface area contributed by atoms with Gasteiger partial charge < -0.3 is 19.7 Å². The van der Waals surface area contributed by atoms with Crippen molar-refractivity contribution in [2.45, 2.75) is 19.4 Å². The highest BCUT2D eigenvalue weighted by Gasteiger charge is 2.22. The van der Waals surface area contributed by atoms with E-state index >= 15 is 0 Å². The van der Waals surface area contributed by atoms with E-state index in [2.05, 4.69) is 15.0 Å². The van der Waals surface area contributed by atoms with E-state index in [9.17, 15) is 9.90 Å². The van der Waals surface area contributed by atoms with Crippen LogP contribution in [-0.4, -0.2) is 51.2 Å². The van der Waals surface area contributed by atoms with Gasteiger partial charge in [0.2, 0.25) is 0 Å². The number of aliphatic hydroxyl groups excluding tert-OH is 1. The molecule has 31 heavy (non-hydrogen) atoms. The van der Waals surface area contributed by atoms with E-state index < -0.39 is 0 Å². The summed E-state index contributed by atoms with van der Waals surface area (Å²) >= 11 is 0. The molecule has 5 rings (SSSR count). The van der Waals surface area contributed by atoms with E-state index in [1.807, 2.05) is 55.5 Å². The fourth-order valence-electron chi connectivity index (χ4n) is 4.10. The van der Waals surface area contributed by atoms with Crippen molar-refractivity contribution in [3.05, 3.63) is 64.6 Å². The lowest BCUT2D eigenvalue weighted by Crippen LogP contribution is -2.21. The van der Waals surface area contributed by atoms with Gasteiger partial charge >= 0.3 is 0 Å². The molecule has 1 fully saturated rings. The second-order valence-corrected chi connectivity index (χ2v) is 7.72. The normalized spacial score (nSPS) is 16.2. The van der Waals surface area contributed by atoms with Crippen molar-refractivity contribution in [2.24, 2.45) is 0 Å². The minimum atomic E-state index is -0.310. The first-order chi connectivity index (χ1) is 15.0. The lowest BCUT2D eigenvalue weighted by molar-refractivity contribution is 0.198. The molecule has 0 saturated carbocycles. The van der Waals surface area contributed by atoms with Crippen LogP contribution in [-0.2, 0) is 0 Å². The van der Waals surface area contributed by atoms with Gasteiger partial charge in [-0.3, -0.25) is 4.79 Å². The number of anilines is 1. The number of methoxy groups -OCH3 is 1. The summed E-state index contributed by atoms with van der Waals surface area (Å²) in [6.45, 7) is 3.24. The Labute approximate surface area is 178 Å². The van der Waals surface area contributed by atoms with Crippen LogP contribution in [0.15, 0.2) is 53.3 Å². The van der Waals surface area contributed by atoms with Crippen LogP contribution < -0.4 is 15.2 Å². The van der Waals surface area contributed by atoms with Gasteiger partial charge in [-0.2, -0.15) is 5.10 Å². The predicted molar refractivity (Wildman–Crippen MR) is 119 cm³/mol. The summed E-state index contributed by atoms with van der Waals surface area (Å²) in [6, 6.07) is 15.3. The van der Waals surface area contributed by atoms with Gasteiger partial charge in [0.1, 0.15) is 17.1 Å². The average molecular weight is 417 g/mol. The Bertz CT molecular complexity index is 1310. The van der Waals surface area contributed by atoms with Crippen LogP contribution in [0.3, 0.4) is 0 Å². The summed E-state index contributed by atoms with van der Waals surface area (Å²) in [5.41, 5.74) is 3.83. The molecule has 0 amide bonds. The zero-order valence-electron chi connectivity index (χ0n) is 17.4. The molecule has 1 aliphatic rings. The molecular weight excluding hydrogens is 394 g/mol. The molecule has 4 aromatic rings. The molecule has 2 N–H and O–H groups in total. The summed E-state index contributed by atoms with van der Waals surface area (Å²) in [4.78, 5) is 22.8. The molecule has 8 nitrogen and oxygen atoms in total. The van der Waals surface area contributed by atoms with Crippen molar-refractivity contribution >= 4 is 16.7 Å². The number of aromatic nitrogens is 4. The molecule has 3 heterocycles. The van der Waals surface area contributed by atoms with E-state index in [0.717, 1.165) is 24.3 Å². The second-order valence-electron chi connectivity index (χ2n) is 7.72. The van der Waals surface area contributed by atoms with Crippen LogP contribution in [0.4, 0.5) is 5.69 Å². The van der Waals surface area contributed by atoms with Crippen molar-refractivity contribution in [1.82, 2.24) is 19.7 Å². The summed E-state index contributed by atoms with van der Waals surface area (Å²) < 4.78 is 7.24. The molecule has 0 spiro atoms. The largest absolute Gasteiger partial charge is 0.496 e. The Morgan fingerprint density at radius 2 is 1.97 bits per heavy atom. The lowest BCUT2D eigenvalue weighted by Gasteiger charge is -2.19. The predicted octanol–water partition coefficient (Wildman–Crippen LogP) is 2.66. The summed E-state index contributed by atoms with van der Waals surface area (Å²) in [5.74, 6) is 1.03. The SMILES string of the molecule is COc1cc(N2CC[C@@H](O)C2)ccc1-c1nc2c(C)nn(-c3ccccc3)c2c(=O)[nH]1. The van der Waals surface area contributed by atoms with Crippen molar-refractivity contribution in [3.63, 3.8) is 0 Å². The Balaban J connectivity index is 1.61. The molecule has 1 saturated heterocycles. The zero-order chi connectivity index (χ0) is 21.5. The van der Waals surface area contributed by atoms with Gasteiger partial charge in [-0.05, 0) is 37.6 Å². The number of rotatable bonds is 4. The van der Waals surface area contributed by atoms with E-state index in [0.29, 0.717) is 40.4 Å². The van der Waals surface area contributed by atoms with Gasteiger partial charge in [0.15, 0.2) is 5.52 Å². The first-order valence-corrected chi connectivity index (χ1v) is 10.2. The molecule has 1 atom stereocenters. The first kappa shape index (κ1) is 19.3. The van der Waals surface area contributed by atoms with Crippen molar-refractivity contribution < 1.29 is 9.84 Å². The molecule has 0 aliphatic carbocycles. The number of hydrogen-bond donors (Lipinski definition) is 2. The number of fused-ring (bicyclic) bond motifs is 1. The maximum atomic E-state index is 13.1. The molecule has 0 unspecified atom stereocenters. The number of nitrogens with zero attached hydrogens (tertiary/aromatic N) is 4. The van der Waals surface area contributed by atoms with Crippen LogP contribution in [0.1, 0.15) is 12.1 Å². The number of para-hydroxylation sites is 1. The molecule has 158 valence electrons. The van der Waals surface area contributed by atoms with Gasteiger partial charge in [-0.25, -0.2) is 9.67 Å². The van der Waals surface area contributed by atoms with Gasteiger partial charge in [-0.15, -0.1) is 0 Å². The molecule has 2 aromatic carbocycles. The third kappa shape index (κ3) is 3.34. The number of nitrogens with one attached hydrogen (secondary N) is 1. The Kier molecular flexibility index (Phi) is 4.71. The minimum Gasteiger partial charge on any atom is -0.496 e. The highest BCUT2D eigenvalue weighted by atomic mass is 16.5. The van der Waals surface area contributed by atoms with Gasteiger partial charge in [0, 0.05) is 24.8 Å². The second kappa shape index (κ2) is 7.55. The Morgan fingerprint density at radius 1 is 1.16 bits per heavy atom. The highest BCUT2D eigenvalue weighted by Crippen LogP contribution is 2.33. The lowest BCUT2D eigenvalue weighted by atomic mass is 10.1. The number of aromatic amines is 1. The summed E-state index contributed by atoms with van der Waals surface area (Å²) in [6.07, 6.45) is 0.440. The average Bonchev–Trinajstić information content (AvgIpc) is 3.37. The van der Waals surface area contributed by atoms with Crippen LogP contribution in [0.25, 0.3) is 28.1 Å². The maximum absolute atomic E-state index is 13.1. The van der Waals surface area contributed by atoms with E-state index in [4.69, 9.17) is 9.72 Å². The minimum absolute atomic E-state index is 0.266. The van der Waals surface area contributed by atoms with Crippen LogP contribution in [0.2, 0.25) is 0 Å². The Morgan fingerprint density at radius 3 is 2.68 bits per heavy atom. The number of hydrogen-bond acceptors (Lipinski definition) is 6. The third-order valence-electron chi connectivity index (χ3n) is 5.67. The van der Waals surface area contributed by atoms with E-state index in [-0.39, 0.29) is 11.7 Å². The molecule has 0 radical (unpaired) electrons. The molecule has 8 heteroatoms. The van der Waals surface area contributed by atoms with Crippen molar-refractivity contribution in [2.75, 3.05) is 25.1 Å². The van der Waals surface area contributed by atoms with Crippen LogP contribution in [0.5, 0.6) is 5.75 Å². The third-order valence-corrected chi connectivity index (χ3v) is 5.67. The number of β-amino-alcohol motifs (C(OH)–C–C–N with tert-alkyl or cyclic N) is 1. The smallest absolute Gasteiger partial charge is 0.277 e. The van der Waals surface area contributed by atoms with Crippen molar-refractivity contribution in [1.29, 1.82) is 0 Å². The topological polar surface area (TPSA) is 96.3 Å². The van der Waals surface area contributed by atoms with Crippen LogP contribution in [0, 0.1) is 6.92 Å². The van der Waals surface area contributed by atoms with Crippen molar-refractivity contribution in [3.8, 4) is 22.8 Å². The molecule has 0 bridgehead atoms. The van der Waals surface area contributed by atoms with Gasteiger partial charge in [0.25, 0.3) is 5.56 Å². The Hall–Kier alpha value is -3.65. The van der Waals surface area contributed by atoms with Crippen LogP contribution >= 0.6 is 0 Å². The standard InChI is InChI=1S/C23H23N5O3/c1-14-20-21(28(26-14)15-6-4-3-5-7-15)23(30)25-22(24-20)18-9-8-16(12-19(18)31-2)27-11-10-17(29)13-27/h3-9,12,17,29H,10-11,13H2,1-2H3,(H,24,25,30)/t17-/m1/s1. The van der Waals surface area contributed by atoms with E-state index in [1.165, 1.54) is 0 Å².